The number of carboxylic acid groups (broad SMARTS) is 1. The summed E-state index contributed by atoms with van der Waals surface area (Å²) in [5, 5.41) is 16.3. The third kappa shape index (κ3) is 7.93. The Labute approximate surface area is 157 Å². The van der Waals surface area contributed by atoms with Gasteiger partial charge >= 0.3 is 18.3 Å². The number of carboxylic acids is 1. The maximum absolute atomic E-state index is 12.8. The number of aliphatic hydroxyl groups excluding tert-OH is 1. The summed E-state index contributed by atoms with van der Waals surface area (Å²) in [6, 6.07) is 5.44. The summed E-state index contributed by atoms with van der Waals surface area (Å²) in [5.74, 6) is -2.88. The van der Waals surface area contributed by atoms with Crippen molar-refractivity contribution in [1.82, 2.24) is 4.90 Å². The maximum atomic E-state index is 12.8. The molecule has 2 rings (SSSR count). The van der Waals surface area contributed by atoms with Gasteiger partial charge in [-0.1, -0.05) is 12.1 Å². The minimum atomic E-state index is -5.08. The van der Waals surface area contributed by atoms with Crippen LogP contribution in [0.5, 0.6) is 5.75 Å². The van der Waals surface area contributed by atoms with Gasteiger partial charge < -0.3 is 14.9 Å². The van der Waals surface area contributed by atoms with Gasteiger partial charge in [-0.15, -0.1) is 0 Å². The van der Waals surface area contributed by atoms with Gasteiger partial charge in [-0.05, 0) is 37.9 Å². The number of nitrogens with zero attached hydrogens (tertiary/aromatic N) is 1. The molecule has 1 fully saturated rings. The molecule has 28 heavy (non-hydrogen) atoms. The molecule has 160 valence electrons. The van der Waals surface area contributed by atoms with E-state index in [1.165, 1.54) is 18.2 Å². The molecule has 11 heteroatoms. The predicted octanol–water partition coefficient (Wildman–Crippen LogP) is 3.56. The highest BCUT2D eigenvalue weighted by Crippen LogP contribution is 2.35. The summed E-state index contributed by atoms with van der Waals surface area (Å²) in [6.07, 6.45) is -6.80. The number of benzene rings is 1. The van der Waals surface area contributed by atoms with Gasteiger partial charge in [0.1, 0.15) is 5.75 Å². The third-order valence-electron chi connectivity index (χ3n) is 3.99. The van der Waals surface area contributed by atoms with Gasteiger partial charge in [-0.2, -0.15) is 26.3 Å². The molecule has 0 bridgehead atoms. The molecule has 1 aliphatic heterocycles. The number of ether oxygens (including phenoxy) is 1. The van der Waals surface area contributed by atoms with E-state index in [1.54, 1.807) is 0 Å². The van der Waals surface area contributed by atoms with Gasteiger partial charge in [-0.3, -0.25) is 4.90 Å². The molecule has 0 amide bonds. The highest BCUT2D eigenvalue weighted by molar-refractivity contribution is 5.73. The van der Waals surface area contributed by atoms with Crippen molar-refractivity contribution in [3.63, 3.8) is 0 Å². The molecule has 0 aromatic heterocycles. The Morgan fingerprint density at radius 1 is 1.18 bits per heavy atom. The number of aliphatic hydroxyl groups is 1. The first-order chi connectivity index (χ1) is 13.0. The van der Waals surface area contributed by atoms with Crippen LogP contribution in [0, 0.1) is 0 Å². The summed E-state index contributed by atoms with van der Waals surface area (Å²) in [7, 11) is 0. The number of likely N-dealkylation sites (tertiary alicyclic amines) is 1. The van der Waals surface area contributed by atoms with E-state index < -0.39 is 23.9 Å². The molecule has 5 nitrogen and oxygen atoms in total. The van der Waals surface area contributed by atoms with Crippen molar-refractivity contribution >= 4 is 5.97 Å². The Morgan fingerprint density at radius 3 is 2.32 bits per heavy atom. The summed E-state index contributed by atoms with van der Waals surface area (Å²) >= 11 is 0. The number of hydrogen-bond donors (Lipinski definition) is 2. The minimum Gasteiger partial charge on any atom is -0.493 e. The van der Waals surface area contributed by atoms with E-state index in [2.05, 4.69) is 4.90 Å². The highest BCUT2D eigenvalue weighted by atomic mass is 19.4. The fourth-order valence-electron chi connectivity index (χ4n) is 2.67. The van der Waals surface area contributed by atoms with Crippen LogP contribution >= 0.6 is 0 Å². The topological polar surface area (TPSA) is 70.0 Å². The number of alkyl halides is 6. The van der Waals surface area contributed by atoms with Crippen molar-refractivity contribution < 1.29 is 46.1 Å². The first-order valence-corrected chi connectivity index (χ1v) is 8.41. The van der Waals surface area contributed by atoms with Crippen LogP contribution in [0.2, 0.25) is 0 Å². The summed E-state index contributed by atoms with van der Waals surface area (Å²) in [4.78, 5) is 11.1. The summed E-state index contributed by atoms with van der Waals surface area (Å²) in [6.45, 7) is 2.04. The van der Waals surface area contributed by atoms with E-state index in [9.17, 15) is 31.4 Å². The van der Waals surface area contributed by atoms with Crippen molar-refractivity contribution in [2.24, 2.45) is 0 Å². The molecular formula is C17H21F6NO4. The molecule has 1 aromatic carbocycles. The molecule has 1 heterocycles. The van der Waals surface area contributed by atoms with E-state index in [-0.39, 0.29) is 25.0 Å². The van der Waals surface area contributed by atoms with Crippen molar-refractivity contribution in [1.29, 1.82) is 0 Å². The number of para-hydroxylation sites is 1. The first kappa shape index (κ1) is 24.0. The normalized spacial score (nSPS) is 17.8. The van der Waals surface area contributed by atoms with Crippen molar-refractivity contribution in [2.45, 2.75) is 37.7 Å². The monoisotopic (exact) mass is 417 g/mol. The van der Waals surface area contributed by atoms with Crippen LogP contribution < -0.4 is 4.74 Å². The second-order valence-electron chi connectivity index (χ2n) is 6.01. The maximum Gasteiger partial charge on any atom is 0.490 e. The number of halogens is 6. The molecule has 1 aliphatic rings. The SMILES string of the molecule is O=C(O)C(F)(F)F.OC[C@H]1CCCN1CCCOc1ccccc1C(F)(F)F. The van der Waals surface area contributed by atoms with E-state index >= 15 is 0 Å². The van der Waals surface area contributed by atoms with Crippen molar-refractivity contribution in [3.8, 4) is 5.75 Å². The lowest BCUT2D eigenvalue weighted by atomic mass is 10.2. The molecule has 1 atom stereocenters. The smallest absolute Gasteiger partial charge is 0.490 e. The second-order valence-corrected chi connectivity index (χ2v) is 6.01. The Balaban J connectivity index is 0.000000480. The molecule has 0 saturated carbocycles. The van der Waals surface area contributed by atoms with E-state index in [0.717, 1.165) is 32.0 Å². The van der Waals surface area contributed by atoms with Gasteiger partial charge in [0.05, 0.1) is 18.8 Å². The van der Waals surface area contributed by atoms with Crippen LogP contribution in [0.1, 0.15) is 24.8 Å². The molecule has 1 aromatic rings. The molecular weight excluding hydrogens is 396 g/mol. The molecule has 0 radical (unpaired) electrons. The van der Waals surface area contributed by atoms with Crippen LogP contribution in [0.3, 0.4) is 0 Å². The molecule has 0 spiro atoms. The fraction of sp³-hybridized carbons (Fsp3) is 0.588. The third-order valence-corrected chi connectivity index (χ3v) is 3.99. The molecule has 2 N–H and O–H groups in total. The van der Waals surface area contributed by atoms with Gasteiger partial charge in [0.25, 0.3) is 0 Å². The lowest BCUT2D eigenvalue weighted by Gasteiger charge is -2.22. The minimum absolute atomic E-state index is 0.120. The number of aliphatic carboxylic acids is 1. The van der Waals surface area contributed by atoms with Crippen LogP contribution in [-0.2, 0) is 11.0 Å². The predicted molar refractivity (Wildman–Crippen MR) is 86.9 cm³/mol. The lowest BCUT2D eigenvalue weighted by Crippen LogP contribution is -2.33. The summed E-state index contributed by atoms with van der Waals surface area (Å²) < 4.78 is 75.4. The molecule has 1 saturated heterocycles. The van der Waals surface area contributed by atoms with Crippen molar-refractivity contribution in [3.05, 3.63) is 29.8 Å². The van der Waals surface area contributed by atoms with Crippen LogP contribution in [0.25, 0.3) is 0 Å². The van der Waals surface area contributed by atoms with Crippen LogP contribution in [-0.4, -0.2) is 59.6 Å². The standard InChI is InChI=1S/C15H20F3NO2.C2HF3O2/c16-15(17,18)13-6-1-2-7-14(13)21-10-4-9-19-8-3-5-12(19)11-20;3-2(4,5)1(6)7/h1-2,6-7,12,20H,3-5,8-11H2;(H,6,7)/t12-;/m1./s1. The van der Waals surface area contributed by atoms with Crippen LogP contribution in [0.15, 0.2) is 24.3 Å². The van der Waals surface area contributed by atoms with Gasteiger partial charge in [-0.25, -0.2) is 4.79 Å². The van der Waals surface area contributed by atoms with Crippen molar-refractivity contribution in [2.75, 3.05) is 26.3 Å². The van der Waals surface area contributed by atoms with Gasteiger partial charge in [0.15, 0.2) is 0 Å². The zero-order chi connectivity index (χ0) is 21.4. The molecule has 0 unspecified atom stereocenters. The highest BCUT2D eigenvalue weighted by Gasteiger charge is 2.38. The first-order valence-electron chi connectivity index (χ1n) is 8.41. The number of hydrogen-bond acceptors (Lipinski definition) is 4. The Hall–Kier alpha value is -2.01. The van der Waals surface area contributed by atoms with E-state index in [1.807, 2.05) is 0 Å². The quantitative estimate of drug-likeness (QED) is 0.547. The lowest BCUT2D eigenvalue weighted by molar-refractivity contribution is -0.192. The van der Waals surface area contributed by atoms with Gasteiger partial charge in [0.2, 0.25) is 0 Å². The second kappa shape index (κ2) is 10.5. The Morgan fingerprint density at radius 2 is 1.79 bits per heavy atom. The average molecular weight is 417 g/mol. The Kier molecular flexibility index (Phi) is 9.02. The zero-order valence-electron chi connectivity index (χ0n) is 14.8. The molecule has 0 aliphatic carbocycles. The van der Waals surface area contributed by atoms with Gasteiger partial charge in [0, 0.05) is 12.6 Å². The van der Waals surface area contributed by atoms with Crippen LogP contribution in [0.4, 0.5) is 26.3 Å². The summed E-state index contributed by atoms with van der Waals surface area (Å²) in [5.41, 5.74) is -0.737. The van der Waals surface area contributed by atoms with E-state index in [0.29, 0.717) is 6.42 Å². The number of rotatable bonds is 6. The van der Waals surface area contributed by atoms with E-state index in [4.69, 9.17) is 14.6 Å². The largest absolute Gasteiger partial charge is 0.493 e. The fourth-order valence-corrected chi connectivity index (χ4v) is 2.67. The Bertz CT molecular complexity index is 620. The average Bonchev–Trinajstić information content (AvgIpc) is 3.05. The zero-order valence-corrected chi connectivity index (χ0v) is 14.8. The number of carbonyl (C=O) groups is 1.